The average molecular weight is 487 g/mol. The topological polar surface area (TPSA) is 90.0 Å². The maximum atomic E-state index is 11.3. The predicted molar refractivity (Wildman–Crippen MR) is 141 cm³/mol. The maximum Gasteiger partial charge on any atom is 0.156 e. The Labute approximate surface area is 209 Å². The lowest BCUT2D eigenvalue weighted by Gasteiger charge is -2.39. The van der Waals surface area contributed by atoms with Gasteiger partial charge in [-0.25, -0.2) is 9.97 Å². The molecule has 1 aliphatic rings. The number of piperidine rings is 1. The summed E-state index contributed by atoms with van der Waals surface area (Å²) >= 11 is 6.03. The molecule has 8 heteroatoms. The van der Waals surface area contributed by atoms with Crippen LogP contribution >= 0.6 is 11.6 Å². The lowest BCUT2D eigenvalue weighted by atomic mass is 9.84. The van der Waals surface area contributed by atoms with Crippen molar-refractivity contribution >= 4 is 41.2 Å². The molecule has 4 aromatic rings. The molecule has 0 saturated carbocycles. The van der Waals surface area contributed by atoms with Gasteiger partial charge < -0.3 is 15.3 Å². The molecule has 5 rings (SSSR count). The van der Waals surface area contributed by atoms with Crippen LogP contribution in [0.1, 0.15) is 35.5 Å². The van der Waals surface area contributed by atoms with Gasteiger partial charge in [-0.15, -0.1) is 0 Å². The van der Waals surface area contributed by atoms with E-state index in [1.807, 2.05) is 85.8 Å². The molecular formula is C27H27ClN6O. The standard InChI is InChI=1S/C27H27ClN6O/c1-19-17-25(33-32-19)30-24-18-26(31-23(29-24)12-7-20-5-3-2-4-6-20)34-15-13-27(35,14-16-34)21-8-10-22(28)11-9-21/h2-12,17-18,35H,13-16H2,1H3,(H2,29,30,31,32,33). The first-order valence-corrected chi connectivity index (χ1v) is 12.0. The van der Waals surface area contributed by atoms with Gasteiger partial charge in [-0.1, -0.05) is 60.1 Å². The van der Waals surface area contributed by atoms with Crippen LogP contribution in [0.3, 0.4) is 0 Å². The highest BCUT2D eigenvalue weighted by Gasteiger charge is 2.34. The molecule has 3 N–H and O–H groups in total. The fourth-order valence-corrected chi connectivity index (χ4v) is 4.38. The lowest BCUT2D eigenvalue weighted by molar-refractivity contribution is 0.0116. The SMILES string of the molecule is Cc1cc(Nc2cc(N3CCC(O)(c4ccc(Cl)cc4)CC3)nc(C=Cc3ccccc3)n2)n[nH]1. The van der Waals surface area contributed by atoms with Crippen LogP contribution in [0.4, 0.5) is 17.5 Å². The van der Waals surface area contributed by atoms with E-state index in [-0.39, 0.29) is 0 Å². The lowest BCUT2D eigenvalue weighted by Crippen LogP contribution is -2.43. The minimum Gasteiger partial charge on any atom is -0.385 e. The van der Waals surface area contributed by atoms with E-state index in [0.717, 1.165) is 22.6 Å². The van der Waals surface area contributed by atoms with Gasteiger partial charge in [-0.05, 0) is 49.1 Å². The Kier molecular flexibility index (Phi) is 6.53. The van der Waals surface area contributed by atoms with Crippen LogP contribution in [0.15, 0.2) is 66.7 Å². The first kappa shape index (κ1) is 23.1. The summed E-state index contributed by atoms with van der Waals surface area (Å²) < 4.78 is 0. The first-order chi connectivity index (χ1) is 17.0. The van der Waals surface area contributed by atoms with Crippen molar-refractivity contribution in [1.82, 2.24) is 20.2 Å². The van der Waals surface area contributed by atoms with Crippen molar-refractivity contribution < 1.29 is 5.11 Å². The molecule has 3 heterocycles. The number of halogens is 1. The van der Waals surface area contributed by atoms with Gasteiger partial charge in [0.1, 0.15) is 11.6 Å². The van der Waals surface area contributed by atoms with E-state index in [1.165, 1.54) is 0 Å². The molecule has 0 atom stereocenters. The van der Waals surface area contributed by atoms with E-state index in [0.29, 0.717) is 48.4 Å². The summed E-state index contributed by atoms with van der Waals surface area (Å²) in [7, 11) is 0. The highest BCUT2D eigenvalue weighted by atomic mass is 35.5. The zero-order valence-electron chi connectivity index (χ0n) is 19.4. The number of hydrogen-bond donors (Lipinski definition) is 3. The second-order valence-corrected chi connectivity index (χ2v) is 9.24. The molecule has 2 aromatic heterocycles. The number of rotatable bonds is 6. The second kappa shape index (κ2) is 9.90. The number of hydrogen-bond acceptors (Lipinski definition) is 6. The fourth-order valence-electron chi connectivity index (χ4n) is 4.26. The summed E-state index contributed by atoms with van der Waals surface area (Å²) in [5.74, 6) is 2.76. The van der Waals surface area contributed by atoms with Crippen LogP contribution in [0.25, 0.3) is 12.2 Å². The number of benzene rings is 2. The largest absolute Gasteiger partial charge is 0.385 e. The monoisotopic (exact) mass is 486 g/mol. The summed E-state index contributed by atoms with van der Waals surface area (Å²) in [6, 6.07) is 21.4. The van der Waals surface area contributed by atoms with Crippen molar-refractivity contribution in [2.75, 3.05) is 23.3 Å². The van der Waals surface area contributed by atoms with Gasteiger partial charge in [0.05, 0.1) is 5.60 Å². The highest BCUT2D eigenvalue weighted by Crippen LogP contribution is 2.35. The van der Waals surface area contributed by atoms with E-state index in [4.69, 9.17) is 16.6 Å². The predicted octanol–water partition coefficient (Wildman–Crippen LogP) is 5.56. The Morgan fingerprint density at radius 2 is 1.71 bits per heavy atom. The second-order valence-electron chi connectivity index (χ2n) is 8.80. The zero-order valence-corrected chi connectivity index (χ0v) is 20.2. The van der Waals surface area contributed by atoms with Crippen LogP contribution in [-0.4, -0.2) is 38.4 Å². The summed E-state index contributed by atoms with van der Waals surface area (Å²) in [4.78, 5) is 11.7. The molecule has 1 aliphatic heterocycles. The highest BCUT2D eigenvalue weighted by molar-refractivity contribution is 6.30. The number of anilines is 3. The number of aryl methyl sites for hydroxylation is 1. The third-order valence-electron chi connectivity index (χ3n) is 6.21. The third kappa shape index (κ3) is 5.53. The normalized spacial score (nSPS) is 15.5. The number of nitrogens with zero attached hydrogens (tertiary/aromatic N) is 4. The summed E-state index contributed by atoms with van der Waals surface area (Å²) in [5, 5.41) is 22.4. The molecule has 0 aliphatic carbocycles. The Morgan fingerprint density at radius 1 is 0.971 bits per heavy atom. The number of H-pyrrole nitrogens is 1. The Bertz CT molecular complexity index is 1310. The van der Waals surface area contributed by atoms with Crippen LogP contribution in [0.5, 0.6) is 0 Å². The van der Waals surface area contributed by atoms with Gasteiger partial charge in [-0.2, -0.15) is 5.10 Å². The van der Waals surface area contributed by atoms with E-state index in [1.54, 1.807) is 0 Å². The van der Waals surface area contributed by atoms with Gasteiger partial charge in [0.2, 0.25) is 0 Å². The van der Waals surface area contributed by atoms with Crippen molar-refractivity contribution in [2.24, 2.45) is 0 Å². The molecule has 0 amide bonds. The smallest absolute Gasteiger partial charge is 0.156 e. The van der Waals surface area contributed by atoms with Crippen LogP contribution in [0, 0.1) is 6.92 Å². The minimum absolute atomic E-state index is 0.592. The third-order valence-corrected chi connectivity index (χ3v) is 6.46. The molecule has 178 valence electrons. The van der Waals surface area contributed by atoms with Crippen LogP contribution < -0.4 is 10.2 Å². The van der Waals surface area contributed by atoms with Crippen LogP contribution in [0.2, 0.25) is 5.02 Å². The van der Waals surface area contributed by atoms with Gasteiger partial charge in [0, 0.05) is 35.9 Å². The van der Waals surface area contributed by atoms with E-state index in [9.17, 15) is 5.11 Å². The van der Waals surface area contributed by atoms with Gasteiger partial charge in [0.15, 0.2) is 11.6 Å². The number of aromatic amines is 1. The van der Waals surface area contributed by atoms with Gasteiger partial charge in [0.25, 0.3) is 0 Å². The van der Waals surface area contributed by atoms with E-state index >= 15 is 0 Å². The number of aromatic nitrogens is 4. The Balaban J connectivity index is 1.39. The summed E-state index contributed by atoms with van der Waals surface area (Å²) in [5.41, 5.74) is 2.05. The van der Waals surface area contributed by atoms with Crippen LogP contribution in [-0.2, 0) is 5.60 Å². The Morgan fingerprint density at radius 3 is 2.40 bits per heavy atom. The molecule has 2 aromatic carbocycles. The van der Waals surface area contributed by atoms with E-state index in [2.05, 4.69) is 25.4 Å². The Hall–Kier alpha value is -3.68. The maximum absolute atomic E-state index is 11.3. The summed E-state index contributed by atoms with van der Waals surface area (Å²) in [6.45, 7) is 3.28. The van der Waals surface area contributed by atoms with Crippen molar-refractivity contribution in [2.45, 2.75) is 25.4 Å². The number of aliphatic hydroxyl groups is 1. The van der Waals surface area contributed by atoms with Gasteiger partial charge in [-0.3, -0.25) is 5.10 Å². The molecule has 0 spiro atoms. The van der Waals surface area contributed by atoms with Gasteiger partial charge >= 0.3 is 0 Å². The first-order valence-electron chi connectivity index (χ1n) is 11.6. The fraction of sp³-hybridized carbons (Fsp3) is 0.222. The summed E-state index contributed by atoms with van der Waals surface area (Å²) in [6.07, 6.45) is 5.09. The molecule has 0 bridgehead atoms. The average Bonchev–Trinajstić information content (AvgIpc) is 3.28. The molecule has 1 fully saturated rings. The van der Waals surface area contributed by atoms with Crippen molar-refractivity contribution in [3.05, 3.63) is 94.4 Å². The molecule has 0 radical (unpaired) electrons. The van der Waals surface area contributed by atoms with Crippen molar-refractivity contribution in [1.29, 1.82) is 0 Å². The minimum atomic E-state index is -0.877. The van der Waals surface area contributed by atoms with E-state index < -0.39 is 5.60 Å². The molecular weight excluding hydrogens is 460 g/mol. The molecule has 1 saturated heterocycles. The number of nitrogens with one attached hydrogen (secondary N) is 2. The molecule has 0 unspecified atom stereocenters. The van der Waals surface area contributed by atoms with Crippen molar-refractivity contribution in [3.63, 3.8) is 0 Å². The molecule has 7 nitrogen and oxygen atoms in total. The quantitative estimate of drug-likeness (QED) is 0.330. The zero-order chi connectivity index (χ0) is 24.3. The molecule has 35 heavy (non-hydrogen) atoms. The van der Waals surface area contributed by atoms with Crippen molar-refractivity contribution in [3.8, 4) is 0 Å².